The number of sulfonamides is 1. The number of anilines is 1. The van der Waals surface area contributed by atoms with Crippen molar-refractivity contribution in [3.8, 4) is 0 Å². The molecule has 0 saturated heterocycles. The van der Waals surface area contributed by atoms with Crippen LogP contribution in [0.15, 0.2) is 60.0 Å². The molecule has 0 heterocycles. The van der Waals surface area contributed by atoms with Crippen LogP contribution in [0.25, 0.3) is 6.08 Å². The summed E-state index contributed by atoms with van der Waals surface area (Å²) in [7, 11) is -2.34. The van der Waals surface area contributed by atoms with Crippen LogP contribution in [0.2, 0.25) is 5.02 Å². The summed E-state index contributed by atoms with van der Waals surface area (Å²) < 4.78 is 25.3. The number of likely N-dealkylation sites (N-methyl/N-ethyl adjacent to an activating group) is 1. The molecular weight excluding hydrogens is 348 g/mol. The Balaban J connectivity index is 1.98. The maximum Gasteiger partial charge on any atom is 0.239 e. The van der Waals surface area contributed by atoms with E-state index in [9.17, 15) is 13.2 Å². The quantitative estimate of drug-likeness (QED) is 0.855. The van der Waals surface area contributed by atoms with Gasteiger partial charge in [0, 0.05) is 23.2 Å². The average Bonchev–Trinajstić information content (AvgIpc) is 2.54. The van der Waals surface area contributed by atoms with Crippen molar-refractivity contribution in [2.75, 3.05) is 18.9 Å². The van der Waals surface area contributed by atoms with Gasteiger partial charge in [0.15, 0.2) is 0 Å². The second-order valence-corrected chi connectivity index (χ2v) is 7.43. The van der Waals surface area contributed by atoms with E-state index in [4.69, 9.17) is 11.6 Å². The number of nitrogens with zero attached hydrogens (tertiary/aromatic N) is 1. The summed E-state index contributed by atoms with van der Waals surface area (Å²) in [5.41, 5.74) is 1.27. The highest BCUT2D eigenvalue weighted by molar-refractivity contribution is 7.92. The van der Waals surface area contributed by atoms with Crippen LogP contribution in [0, 0.1) is 0 Å². The fourth-order valence-corrected chi connectivity index (χ4v) is 2.92. The van der Waals surface area contributed by atoms with E-state index >= 15 is 0 Å². The number of rotatable bonds is 6. The van der Waals surface area contributed by atoms with Gasteiger partial charge in [-0.05, 0) is 29.8 Å². The summed E-state index contributed by atoms with van der Waals surface area (Å²) in [6, 6.07) is 15.7. The average molecular weight is 365 g/mol. The van der Waals surface area contributed by atoms with Crippen molar-refractivity contribution in [1.82, 2.24) is 4.31 Å². The molecule has 0 aliphatic rings. The van der Waals surface area contributed by atoms with Crippen LogP contribution in [-0.4, -0.2) is 32.2 Å². The van der Waals surface area contributed by atoms with Crippen molar-refractivity contribution in [1.29, 1.82) is 0 Å². The molecule has 126 valence electrons. The molecule has 2 aromatic rings. The first-order valence-electron chi connectivity index (χ1n) is 7.12. The number of halogens is 1. The molecule has 1 N–H and O–H groups in total. The molecule has 0 aromatic heterocycles. The summed E-state index contributed by atoms with van der Waals surface area (Å²) in [4.78, 5) is 12.0. The van der Waals surface area contributed by atoms with E-state index in [1.54, 1.807) is 36.4 Å². The number of hydrogen-bond donors (Lipinski definition) is 1. The lowest BCUT2D eigenvalue weighted by Gasteiger charge is -2.14. The minimum Gasteiger partial charge on any atom is -0.325 e. The van der Waals surface area contributed by atoms with Crippen LogP contribution < -0.4 is 5.32 Å². The monoisotopic (exact) mass is 364 g/mol. The molecule has 0 aliphatic heterocycles. The van der Waals surface area contributed by atoms with E-state index < -0.39 is 15.9 Å². The van der Waals surface area contributed by atoms with Gasteiger partial charge in [-0.2, -0.15) is 4.31 Å². The van der Waals surface area contributed by atoms with E-state index in [1.165, 1.54) is 13.1 Å². The van der Waals surface area contributed by atoms with Crippen molar-refractivity contribution in [2.45, 2.75) is 0 Å². The van der Waals surface area contributed by atoms with Gasteiger partial charge in [0.25, 0.3) is 0 Å². The Morgan fingerprint density at radius 1 is 1.17 bits per heavy atom. The number of nitrogens with one attached hydrogen (secondary N) is 1. The first-order valence-corrected chi connectivity index (χ1v) is 9.00. The van der Waals surface area contributed by atoms with Crippen LogP contribution >= 0.6 is 11.6 Å². The molecule has 2 rings (SSSR count). The molecule has 0 saturated carbocycles. The fraction of sp³-hybridized carbons (Fsp3) is 0.118. The molecule has 0 fully saturated rings. The summed E-state index contributed by atoms with van der Waals surface area (Å²) in [5.74, 6) is -0.448. The fourth-order valence-electron chi connectivity index (χ4n) is 1.89. The molecule has 0 atom stereocenters. The lowest BCUT2D eigenvalue weighted by molar-refractivity contribution is -0.116. The highest BCUT2D eigenvalue weighted by Crippen LogP contribution is 2.15. The standard InChI is InChI=1S/C17H17ClN2O3S/c1-20(13-17(21)19-16-9-5-8-15(18)12-16)24(22,23)11-10-14-6-3-2-4-7-14/h2-12H,13H2,1H3,(H,19,21)/b11-10+. The first-order chi connectivity index (χ1) is 11.4. The molecule has 24 heavy (non-hydrogen) atoms. The molecule has 0 bridgehead atoms. The van der Waals surface area contributed by atoms with Gasteiger partial charge >= 0.3 is 0 Å². The third-order valence-electron chi connectivity index (χ3n) is 3.14. The first kappa shape index (κ1) is 18.2. The number of carbonyl (C=O) groups excluding carboxylic acids is 1. The number of carbonyl (C=O) groups is 1. The minimum atomic E-state index is -3.69. The molecule has 0 radical (unpaired) electrons. The zero-order valence-electron chi connectivity index (χ0n) is 13.0. The molecule has 7 heteroatoms. The van der Waals surface area contributed by atoms with Crippen LogP contribution in [0.4, 0.5) is 5.69 Å². The third-order valence-corrected chi connectivity index (χ3v) is 4.85. The Kier molecular flexibility index (Phi) is 6.14. The zero-order chi connectivity index (χ0) is 17.6. The highest BCUT2D eigenvalue weighted by Gasteiger charge is 2.17. The van der Waals surface area contributed by atoms with Crippen LogP contribution in [0.3, 0.4) is 0 Å². The second kappa shape index (κ2) is 8.10. The Bertz CT molecular complexity index is 836. The summed E-state index contributed by atoms with van der Waals surface area (Å²) in [5, 5.41) is 4.17. The van der Waals surface area contributed by atoms with E-state index in [1.807, 2.05) is 18.2 Å². The predicted molar refractivity (Wildman–Crippen MR) is 97.1 cm³/mol. The van der Waals surface area contributed by atoms with Crippen molar-refractivity contribution in [3.05, 3.63) is 70.6 Å². The molecule has 5 nitrogen and oxygen atoms in total. The van der Waals surface area contributed by atoms with E-state index in [2.05, 4.69) is 5.32 Å². The molecule has 0 spiro atoms. The Labute approximate surface area is 146 Å². The normalized spacial score (nSPS) is 11.8. The molecule has 1 amide bonds. The van der Waals surface area contributed by atoms with Crippen molar-refractivity contribution >= 4 is 39.3 Å². The smallest absolute Gasteiger partial charge is 0.239 e. The van der Waals surface area contributed by atoms with Crippen LogP contribution in [-0.2, 0) is 14.8 Å². The van der Waals surface area contributed by atoms with Crippen LogP contribution in [0.1, 0.15) is 5.56 Å². The van der Waals surface area contributed by atoms with Crippen LogP contribution in [0.5, 0.6) is 0 Å². The maximum absolute atomic E-state index is 12.2. The van der Waals surface area contributed by atoms with Crippen molar-refractivity contribution in [3.63, 3.8) is 0 Å². The SMILES string of the molecule is CN(CC(=O)Nc1cccc(Cl)c1)S(=O)(=O)/C=C/c1ccccc1. The Hall–Kier alpha value is -2.15. The summed E-state index contributed by atoms with van der Waals surface area (Å²) in [6.45, 7) is -0.298. The number of benzene rings is 2. The number of hydrogen-bond acceptors (Lipinski definition) is 3. The van der Waals surface area contributed by atoms with Gasteiger partial charge < -0.3 is 5.32 Å². The van der Waals surface area contributed by atoms with Crippen molar-refractivity contribution < 1.29 is 13.2 Å². The topological polar surface area (TPSA) is 66.5 Å². The predicted octanol–water partition coefficient (Wildman–Crippen LogP) is 3.21. The largest absolute Gasteiger partial charge is 0.325 e. The Morgan fingerprint density at radius 3 is 2.54 bits per heavy atom. The molecule has 0 unspecified atom stereocenters. The van der Waals surface area contributed by atoms with Gasteiger partial charge in [0.1, 0.15) is 0 Å². The maximum atomic E-state index is 12.2. The van der Waals surface area contributed by atoms with E-state index in [0.717, 1.165) is 15.3 Å². The lowest BCUT2D eigenvalue weighted by Crippen LogP contribution is -2.33. The Morgan fingerprint density at radius 2 is 1.88 bits per heavy atom. The van der Waals surface area contributed by atoms with Gasteiger partial charge in [-0.1, -0.05) is 48.0 Å². The van der Waals surface area contributed by atoms with E-state index in [0.29, 0.717) is 10.7 Å². The number of amides is 1. The lowest BCUT2D eigenvalue weighted by atomic mass is 10.2. The van der Waals surface area contributed by atoms with Gasteiger partial charge in [-0.15, -0.1) is 0 Å². The second-order valence-electron chi connectivity index (χ2n) is 5.07. The third kappa shape index (κ3) is 5.49. The zero-order valence-corrected chi connectivity index (χ0v) is 14.6. The molecule has 0 aliphatic carbocycles. The summed E-state index contributed by atoms with van der Waals surface area (Å²) in [6.07, 6.45) is 1.49. The molecular formula is C17H17ClN2O3S. The molecule has 2 aromatic carbocycles. The van der Waals surface area contributed by atoms with Gasteiger partial charge in [0.2, 0.25) is 15.9 Å². The summed E-state index contributed by atoms with van der Waals surface area (Å²) >= 11 is 5.84. The van der Waals surface area contributed by atoms with E-state index in [-0.39, 0.29) is 6.54 Å². The van der Waals surface area contributed by atoms with Gasteiger partial charge in [-0.3, -0.25) is 4.79 Å². The van der Waals surface area contributed by atoms with Gasteiger partial charge in [0.05, 0.1) is 6.54 Å². The van der Waals surface area contributed by atoms with Crippen molar-refractivity contribution in [2.24, 2.45) is 0 Å². The minimum absolute atomic E-state index is 0.298. The highest BCUT2D eigenvalue weighted by atomic mass is 35.5. The van der Waals surface area contributed by atoms with Gasteiger partial charge in [-0.25, -0.2) is 8.42 Å².